The van der Waals surface area contributed by atoms with Gasteiger partial charge in [-0.2, -0.15) is 5.10 Å². The van der Waals surface area contributed by atoms with Gasteiger partial charge >= 0.3 is 0 Å². The lowest BCUT2D eigenvalue weighted by Gasteiger charge is -2.16. The molecular formula is C17H19N5O2. The summed E-state index contributed by atoms with van der Waals surface area (Å²) in [6.45, 7) is 6.57. The number of carbonyl (C=O) groups excluding carboxylic acids is 2. The van der Waals surface area contributed by atoms with Crippen molar-refractivity contribution in [3.8, 4) is 0 Å². The Hall–Kier alpha value is -2.96. The lowest BCUT2D eigenvalue weighted by Crippen LogP contribution is -2.28. The molecule has 24 heavy (non-hydrogen) atoms. The molecule has 1 fully saturated rings. The van der Waals surface area contributed by atoms with Crippen LogP contribution in [0.25, 0.3) is 0 Å². The molecule has 1 saturated heterocycles. The molecule has 1 aromatic heterocycles. The number of nitrogens with one attached hydrogen (secondary N) is 2. The first-order chi connectivity index (χ1) is 11.6. The lowest BCUT2D eigenvalue weighted by molar-refractivity contribution is -0.111. The quantitative estimate of drug-likeness (QED) is 0.840. The SMILES string of the molecule is C=CC(=O)Nc1ccc(C(=O)N2CCC(c3n[nH]c(C)n3)C2)cc1. The normalized spacial score (nSPS) is 16.9. The number of hydrogen-bond acceptors (Lipinski definition) is 4. The van der Waals surface area contributed by atoms with Crippen molar-refractivity contribution in [1.82, 2.24) is 20.1 Å². The summed E-state index contributed by atoms with van der Waals surface area (Å²) in [4.78, 5) is 30.0. The summed E-state index contributed by atoms with van der Waals surface area (Å²) in [5, 5.41) is 9.69. The van der Waals surface area contributed by atoms with Gasteiger partial charge in [-0.25, -0.2) is 4.98 Å². The molecule has 7 heteroatoms. The maximum Gasteiger partial charge on any atom is 0.253 e. The van der Waals surface area contributed by atoms with Crippen LogP contribution in [0.15, 0.2) is 36.9 Å². The molecule has 0 radical (unpaired) electrons. The Morgan fingerprint density at radius 2 is 2.12 bits per heavy atom. The van der Waals surface area contributed by atoms with Gasteiger partial charge in [0.15, 0.2) is 5.82 Å². The number of anilines is 1. The summed E-state index contributed by atoms with van der Waals surface area (Å²) in [5.41, 5.74) is 1.23. The summed E-state index contributed by atoms with van der Waals surface area (Å²) in [7, 11) is 0. The molecule has 1 atom stereocenters. The van der Waals surface area contributed by atoms with E-state index in [-0.39, 0.29) is 17.7 Å². The molecule has 3 rings (SSSR count). The van der Waals surface area contributed by atoms with Crippen molar-refractivity contribution in [2.45, 2.75) is 19.3 Å². The van der Waals surface area contributed by atoms with Gasteiger partial charge in [0.25, 0.3) is 5.91 Å². The second kappa shape index (κ2) is 6.66. The van der Waals surface area contributed by atoms with Crippen molar-refractivity contribution >= 4 is 17.5 Å². The number of aromatic amines is 1. The Morgan fingerprint density at radius 1 is 1.38 bits per heavy atom. The van der Waals surface area contributed by atoms with Crippen molar-refractivity contribution in [1.29, 1.82) is 0 Å². The van der Waals surface area contributed by atoms with E-state index >= 15 is 0 Å². The van der Waals surface area contributed by atoms with Crippen molar-refractivity contribution in [3.05, 3.63) is 54.1 Å². The molecular weight excluding hydrogens is 306 g/mol. The highest BCUT2D eigenvalue weighted by Gasteiger charge is 2.30. The van der Waals surface area contributed by atoms with Crippen LogP contribution in [0.2, 0.25) is 0 Å². The molecule has 7 nitrogen and oxygen atoms in total. The van der Waals surface area contributed by atoms with Gasteiger partial charge in [-0.05, 0) is 43.7 Å². The van der Waals surface area contributed by atoms with E-state index in [0.717, 1.165) is 18.1 Å². The van der Waals surface area contributed by atoms with Crippen molar-refractivity contribution in [2.75, 3.05) is 18.4 Å². The fourth-order valence-electron chi connectivity index (χ4n) is 2.77. The summed E-state index contributed by atoms with van der Waals surface area (Å²) in [6.07, 6.45) is 2.06. The van der Waals surface area contributed by atoms with Gasteiger partial charge in [0.05, 0.1) is 0 Å². The number of nitrogens with zero attached hydrogens (tertiary/aromatic N) is 3. The van der Waals surface area contributed by atoms with Gasteiger partial charge in [0, 0.05) is 30.3 Å². The Bertz CT molecular complexity index is 766. The van der Waals surface area contributed by atoms with Crippen molar-refractivity contribution in [2.24, 2.45) is 0 Å². The monoisotopic (exact) mass is 325 g/mol. The number of amides is 2. The van der Waals surface area contributed by atoms with Crippen molar-refractivity contribution < 1.29 is 9.59 Å². The molecule has 0 spiro atoms. The third-order valence-corrected chi connectivity index (χ3v) is 4.04. The second-order valence-electron chi connectivity index (χ2n) is 5.79. The first kappa shape index (κ1) is 15.9. The molecule has 1 aromatic carbocycles. The second-order valence-corrected chi connectivity index (χ2v) is 5.79. The molecule has 0 saturated carbocycles. The number of aryl methyl sites for hydroxylation is 1. The highest BCUT2D eigenvalue weighted by molar-refractivity contribution is 5.99. The fourth-order valence-corrected chi connectivity index (χ4v) is 2.77. The molecule has 1 aliphatic heterocycles. The van der Waals surface area contributed by atoms with Crippen LogP contribution in [-0.2, 0) is 4.79 Å². The number of aromatic nitrogens is 3. The van der Waals surface area contributed by atoms with Gasteiger partial charge < -0.3 is 10.2 Å². The van der Waals surface area contributed by atoms with Gasteiger partial charge in [-0.1, -0.05) is 6.58 Å². The minimum Gasteiger partial charge on any atom is -0.338 e. The van der Waals surface area contributed by atoms with E-state index < -0.39 is 0 Å². The first-order valence-electron chi connectivity index (χ1n) is 7.78. The molecule has 124 valence electrons. The number of rotatable bonds is 4. The number of hydrogen-bond donors (Lipinski definition) is 2. The zero-order chi connectivity index (χ0) is 17.1. The molecule has 2 N–H and O–H groups in total. The van der Waals surface area contributed by atoms with E-state index in [1.54, 1.807) is 24.3 Å². The van der Waals surface area contributed by atoms with Crippen LogP contribution < -0.4 is 5.32 Å². The summed E-state index contributed by atoms with van der Waals surface area (Å²) in [6, 6.07) is 6.85. The Balaban J connectivity index is 1.64. The van der Waals surface area contributed by atoms with Gasteiger partial charge in [0.2, 0.25) is 5.91 Å². The zero-order valence-electron chi connectivity index (χ0n) is 13.5. The van der Waals surface area contributed by atoms with Crippen LogP contribution in [0.1, 0.15) is 34.3 Å². The van der Waals surface area contributed by atoms with E-state index in [4.69, 9.17) is 0 Å². The maximum atomic E-state index is 12.6. The predicted molar refractivity (Wildman–Crippen MR) is 89.6 cm³/mol. The van der Waals surface area contributed by atoms with Crippen LogP contribution in [-0.4, -0.2) is 45.0 Å². The van der Waals surface area contributed by atoms with Crippen molar-refractivity contribution in [3.63, 3.8) is 0 Å². The highest BCUT2D eigenvalue weighted by atomic mass is 16.2. The average molecular weight is 325 g/mol. The Labute approximate surface area is 139 Å². The molecule has 2 aromatic rings. The largest absolute Gasteiger partial charge is 0.338 e. The summed E-state index contributed by atoms with van der Waals surface area (Å²) in [5.74, 6) is 1.42. The number of carbonyl (C=O) groups is 2. The minimum atomic E-state index is -0.279. The minimum absolute atomic E-state index is 0.0219. The van der Waals surface area contributed by atoms with Gasteiger partial charge in [0.1, 0.15) is 5.82 Å². The van der Waals surface area contributed by atoms with Gasteiger partial charge in [-0.3, -0.25) is 14.7 Å². The van der Waals surface area contributed by atoms with E-state index in [1.807, 2.05) is 11.8 Å². The predicted octanol–water partition coefficient (Wildman–Crippen LogP) is 1.87. The Morgan fingerprint density at radius 3 is 2.75 bits per heavy atom. The van der Waals surface area contributed by atoms with E-state index in [9.17, 15) is 9.59 Å². The third-order valence-electron chi connectivity index (χ3n) is 4.04. The molecule has 1 aliphatic rings. The molecule has 0 bridgehead atoms. The molecule has 2 amide bonds. The van der Waals surface area contributed by atoms with Crippen LogP contribution in [0, 0.1) is 6.92 Å². The van der Waals surface area contributed by atoms with E-state index in [1.165, 1.54) is 6.08 Å². The molecule has 2 heterocycles. The zero-order valence-corrected chi connectivity index (χ0v) is 13.5. The Kier molecular flexibility index (Phi) is 4.41. The van der Waals surface area contributed by atoms with Crippen LogP contribution >= 0.6 is 0 Å². The first-order valence-corrected chi connectivity index (χ1v) is 7.78. The standard InChI is InChI=1S/C17H19N5O2/c1-3-15(23)19-14-6-4-12(5-7-14)17(24)22-9-8-13(10-22)16-18-11(2)20-21-16/h3-7,13H,1,8-10H2,2H3,(H,19,23)(H,18,20,21). The van der Waals surface area contributed by atoms with Crippen LogP contribution in [0.3, 0.4) is 0 Å². The number of likely N-dealkylation sites (tertiary alicyclic amines) is 1. The van der Waals surface area contributed by atoms with Gasteiger partial charge in [-0.15, -0.1) is 0 Å². The average Bonchev–Trinajstić information content (AvgIpc) is 3.23. The maximum absolute atomic E-state index is 12.6. The third kappa shape index (κ3) is 3.34. The fraction of sp³-hybridized carbons (Fsp3) is 0.294. The topological polar surface area (TPSA) is 91.0 Å². The highest BCUT2D eigenvalue weighted by Crippen LogP contribution is 2.26. The van der Waals surface area contributed by atoms with E-state index in [0.29, 0.717) is 24.3 Å². The molecule has 1 unspecified atom stereocenters. The summed E-state index contributed by atoms with van der Waals surface area (Å²) >= 11 is 0. The number of benzene rings is 1. The lowest BCUT2D eigenvalue weighted by atomic mass is 10.1. The van der Waals surface area contributed by atoms with Crippen LogP contribution in [0.5, 0.6) is 0 Å². The van der Waals surface area contributed by atoms with Crippen LogP contribution in [0.4, 0.5) is 5.69 Å². The summed E-state index contributed by atoms with van der Waals surface area (Å²) < 4.78 is 0. The number of H-pyrrole nitrogens is 1. The van der Waals surface area contributed by atoms with E-state index in [2.05, 4.69) is 27.1 Å². The molecule has 0 aliphatic carbocycles. The smallest absolute Gasteiger partial charge is 0.253 e.